The Bertz CT molecular complexity index is 973. The van der Waals surface area contributed by atoms with E-state index in [4.69, 9.17) is 28.9 Å². The van der Waals surface area contributed by atoms with E-state index >= 15 is 0 Å². The van der Waals surface area contributed by atoms with E-state index in [1.807, 2.05) is 24.3 Å². The highest BCUT2D eigenvalue weighted by Crippen LogP contribution is 2.25. The molecular weight excluding hydrogens is 349 g/mol. The van der Waals surface area contributed by atoms with Crippen molar-refractivity contribution in [3.63, 3.8) is 0 Å². The van der Waals surface area contributed by atoms with Crippen molar-refractivity contribution in [3.8, 4) is 0 Å². The van der Waals surface area contributed by atoms with Crippen molar-refractivity contribution in [3.05, 3.63) is 70.0 Å². The first-order valence-electron chi connectivity index (χ1n) is 6.91. The van der Waals surface area contributed by atoms with Gasteiger partial charge in [-0.15, -0.1) is 0 Å². The number of benzene rings is 2. The summed E-state index contributed by atoms with van der Waals surface area (Å²) in [7, 11) is 0. The molecule has 7 heteroatoms. The molecule has 1 aromatic heterocycles. The molecule has 2 amide bonds. The summed E-state index contributed by atoms with van der Waals surface area (Å²) in [5.41, 5.74) is 5.87. The maximum atomic E-state index is 12.4. The lowest BCUT2D eigenvalue weighted by Crippen LogP contribution is -2.16. The Morgan fingerprint density at radius 1 is 1.04 bits per heavy atom. The first kappa shape index (κ1) is 16.2. The summed E-state index contributed by atoms with van der Waals surface area (Å²) < 4.78 is 0. The highest BCUT2D eigenvalue weighted by atomic mass is 35.5. The molecule has 2 aromatic carbocycles. The van der Waals surface area contributed by atoms with Crippen LogP contribution in [0, 0.1) is 0 Å². The highest BCUT2D eigenvalue weighted by molar-refractivity contribution is 6.35. The van der Waals surface area contributed by atoms with E-state index < -0.39 is 11.8 Å². The summed E-state index contributed by atoms with van der Waals surface area (Å²) in [6, 6.07) is 13.3. The van der Waals surface area contributed by atoms with Gasteiger partial charge >= 0.3 is 0 Å². The number of nitrogens with one attached hydrogen (secondary N) is 1. The minimum atomic E-state index is -0.617. The molecule has 3 N–H and O–H groups in total. The monoisotopic (exact) mass is 359 g/mol. The summed E-state index contributed by atoms with van der Waals surface area (Å²) in [4.78, 5) is 27.8. The summed E-state index contributed by atoms with van der Waals surface area (Å²) in [6.45, 7) is 0. The van der Waals surface area contributed by atoms with Crippen LogP contribution in [-0.4, -0.2) is 16.8 Å². The summed E-state index contributed by atoms with van der Waals surface area (Å²) >= 11 is 12.2. The van der Waals surface area contributed by atoms with Gasteiger partial charge in [-0.3, -0.25) is 9.59 Å². The van der Waals surface area contributed by atoms with Crippen LogP contribution in [0.4, 0.5) is 5.69 Å². The standard InChI is InChI=1S/C17H11Cl2N3O2/c18-12-6-5-10(16(20)23)8-13(12)22-17(24)14-7-9-3-1-2-4-11(9)15(19)21-14/h1-8H,(H2,20,23)(H,22,24). The first-order valence-corrected chi connectivity index (χ1v) is 7.67. The number of carbonyl (C=O) groups is 2. The van der Waals surface area contributed by atoms with Crippen LogP contribution in [0.1, 0.15) is 20.8 Å². The Morgan fingerprint density at radius 3 is 2.54 bits per heavy atom. The van der Waals surface area contributed by atoms with Gasteiger partial charge in [-0.25, -0.2) is 4.98 Å². The maximum absolute atomic E-state index is 12.4. The van der Waals surface area contributed by atoms with Crippen LogP contribution >= 0.6 is 23.2 Å². The van der Waals surface area contributed by atoms with Crippen molar-refractivity contribution >= 4 is 51.5 Å². The second kappa shape index (κ2) is 6.47. The lowest BCUT2D eigenvalue weighted by atomic mass is 10.1. The Morgan fingerprint density at radius 2 is 1.79 bits per heavy atom. The van der Waals surface area contributed by atoms with E-state index in [-0.39, 0.29) is 27.1 Å². The van der Waals surface area contributed by atoms with Crippen LogP contribution < -0.4 is 11.1 Å². The van der Waals surface area contributed by atoms with E-state index in [1.54, 1.807) is 6.07 Å². The number of nitrogens with two attached hydrogens (primary N) is 1. The Balaban J connectivity index is 1.96. The van der Waals surface area contributed by atoms with Gasteiger partial charge in [0.25, 0.3) is 5.91 Å². The number of fused-ring (bicyclic) bond motifs is 1. The van der Waals surface area contributed by atoms with E-state index in [0.29, 0.717) is 0 Å². The molecule has 0 aliphatic carbocycles. The van der Waals surface area contributed by atoms with Crippen LogP contribution in [0.2, 0.25) is 10.2 Å². The Kier molecular flexibility index (Phi) is 4.38. The lowest BCUT2D eigenvalue weighted by Gasteiger charge is -2.09. The quantitative estimate of drug-likeness (QED) is 0.695. The average Bonchev–Trinajstić information content (AvgIpc) is 2.56. The number of anilines is 1. The number of rotatable bonds is 3. The minimum Gasteiger partial charge on any atom is -0.366 e. The zero-order chi connectivity index (χ0) is 17.3. The number of primary amides is 1. The second-order valence-corrected chi connectivity index (χ2v) is 5.80. The SMILES string of the molecule is NC(=O)c1ccc(Cl)c(NC(=O)c2cc3ccccc3c(Cl)n2)c1. The van der Waals surface area contributed by atoms with Gasteiger partial charge in [-0.1, -0.05) is 47.5 Å². The topological polar surface area (TPSA) is 85.1 Å². The molecule has 3 aromatic rings. The molecule has 1 heterocycles. The molecule has 0 aliphatic rings. The van der Waals surface area contributed by atoms with Gasteiger partial charge in [0.1, 0.15) is 10.8 Å². The van der Waals surface area contributed by atoms with Crippen molar-refractivity contribution < 1.29 is 9.59 Å². The molecule has 0 atom stereocenters. The van der Waals surface area contributed by atoms with E-state index in [2.05, 4.69) is 10.3 Å². The van der Waals surface area contributed by atoms with Crippen molar-refractivity contribution in [2.45, 2.75) is 0 Å². The zero-order valence-corrected chi connectivity index (χ0v) is 13.7. The predicted molar refractivity (Wildman–Crippen MR) is 94.7 cm³/mol. The van der Waals surface area contributed by atoms with Crippen molar-refractivity contribution in [2.75, 3.05) is 5.32 Å². The van der Waals surface area contributed by atoms with Gasteiger partial charge in [0.15, 0.2) is 0 Å². The number of halogens is 2. The van der Waals surface area contributed by atoms with Gasteiger partial charge in [0.2, 0.25) is 5.91 Å². The van der Waals surface area contributed by atoms with Crippen molar-refractivity contribution in [2.24, 2.45) is 5.73 Å². The molecule has 3 rings (SSSR count). The Hall–Kier alpha value is -2.63. The number of amides is 2. The fraction of sp³-hybridized carbons (Fsp3) is 0. The van der Waals surface area contributed by atoms with Crippen molar-refractivity contribution in [1.82, 2.24) is 4.98 Å². The van der Waals surface area contributed by atoms with Crippen LogP contribution in [-0.2, 0) is 0 Å². The highest BCUT2D eigenvalue weighted by Gasteiger charge is 2.14. The molecule has 0 spiro atoms. The third-order valence-electron chi connectivity index (χ3n) is 3.43. The molecule has 0 fully saturated rings. The largest absolute Gasteiger partial charge is 0.366 e. The Labute approximate surface area is 147 Å². The average molecular weight is 360 g/mol. The smallest absolute Gasteiger partial charge is 0.274 e. The number of pyridine rings is 1. The fourth-order valence-corrected chi connectivity index (χ4v) is 2.66. The molecule has 24 heavy (non-hydrogen) atoms. The van der Waals surface area contributed by atoms with Gasteiger partial charge in [0, 0.05) is 10.9 Å². The molecule has 0 unspecified atom stereocenters. The number of carbonyl (C=O) groups excluding carboxylic acids is 2. The van der Waals surface area contributed by atoms with Gasteiger partial charge < -0.3 is 11.1 Å². The predicted octanol–water partition coefficient (Wildman–Crippen LogP) is 3.89. The summed E-state index contributed by atoms with van der Waals surface area (Å²) in [5.74, 6) is -1.11. The lowest BCUT2D eigenvalue weighted by molar-refractivity contribution is 0.0995. The summed E-state index contributed by atoms with van der Waals surface area (Å²) in [6.07, 6.45) is 0. The number of hydrogen-bond acceptors (Lipinski definition) is 3. The normalized spacial score (nSPS) is 10.6. The number of aromatic nitrogens is 1. The third kappa shape index (κ3) is 3.18. The van der Waals surface area contributed by atoms with Crippen LogP contribution in [0.25, 0.3) is 10.8 Å². The molecular formula is C17H11Cl2N3O2. The zero-order valence-electron chi connectivity index (χ0n) is 12.2. The molecule has 0 radical (unpaired) electrons. The first-order chi connectivity index (χ1) is 11.5. The third-order valence-corrected chi connectivity index (χ3v) is 4.04. The van der Waals surface area contributed by atoms with Gasteiger partial charge in [0.05, 0.1) is 10.7 Å². The maximum Gasteiger partial charge on any atom is 0.274 e. The molecule has 0 saturated carbocycles. The van der Waals surface area contributed by atoms with Gasteiger partial charge in [-0.05, 0) is 29.7 Å². The fourth-order valence-electron chi connectivity index (χ4n) is 2.23. The second-order valence-electron chi connectivity index (χ2n) is 5.03. The molecule has 120 valence electrons. The number of nitrogens with zero attached hydrogens (tertiary/aromatic N) is 1. The van der Waals surface area contributed by atoms with E-state index in [1.165, 1.54) is 18.2 Å². The van der Waals surface area contributed by atoms with Crippen LogP contribution in [0.15, 0.2) is 48.5 Å². The summed E-state index contributed by atoms with van der Waals surface area (Å²) in [5, 5.41) is 4.67. The minimum absolute atomic E-state index is 0.138. The number of hydrogen-bond donors (Lipinski definition) is 2. The van der Waals surface area contributed by atoms with Gasteiger partial charge in [-0.2, -0.15) is 0 Å². The van der Waals surface area contributed by atoms with Crippen LogP contribution in [0.5, 0.6) is 0 Å². The molecule has 5 nitrogen and oxygen atoms in total. The molecule has 0 saturated heterocycles. The van der Waals surface area contributed by atoms with E-state index in [0.717, 1.165) is 10.8 Å². The van der Waals surface area contributed by atoms with Crippen molar-refractivity contribution in [1.29, 1.82) is 0 Å². The van der Waals surface area contributed by atoms with E-state index in [9.17, 15) is 9.59 Å². The molecule has 0 bridgehead atoms. The van der Waals surface area contributed by atoms with Crippen LogP contribution in [0.3, 0.4) is 0 Å². The molecule has 0 aliphatic heterocycles.